The molecule has 0 spiro atoms. The zero-order chi connectivity index (χ0) is 12.2. The predicted molar refractivity (Wildman–Crippen MR) is 68.5 cm³/mol. The molecule has 2 unspecified atom stereocenters. The molecule has 1 aliphatic carbocycles. The van der Waals surface area contributed by atoms with E-state index in [9.17, 15) is 4.79 Å². The second kappa shape index (κ2) is 5.92. The molecule has 0 bridgehead atoms. The van der Waals surface area contributed by atoms with E-state index in [1.807, 2.05) is 11.8 Å². The van der Waals surface area contributed by atoms with Gasteiger partial charge in [-0.2, -0.15) is 11.8 Å². The van der Waals surface area contributed by atoms with Crippen molar-refractivity contribution < 1.29 is 9.53 Å². The minimum atomic E-state index is -0.129. The molecule has 16 heavy (non-hydrogen) atoms. The maximum absolute atomic E-state index is 11.0. The van der Waals surface area contributed by atoms with Crippen LogP contribution in [0.2, 0.25) is 0 Å². The van der Waals surface area contributed by atoms with Crippen molar-refractivity contribution in [2.75, 3.05) is 12.9 Å². The molecule has 3 nitrogen and oxygen atoms in total. The number of thioether (sulfide) groups is 1. The zero-order valence-corrected chi connectivity index (χ0v) is 11.3. The monoisotopic (exact) mass is 245 g/mol. The van der Waals surface area contributed by atoms with Crippen LogP contribution in [0.3, 0.4) is 0 Å². The van der Waals surface area contributed by atoms with E-state index < -0.39 is 0 Å². The summed E-state index contributed by atoms with van der Waals surface area (Å²) in [5.41, 5.74) is 6.51. The van der Waals surface area contributed by atoms with Crippen molar-refractivity contribution in [2.24, 2.45) is 11.1 Å². The maximum atomic E-state index is 11.0. The molecule has 0 aromatic rings. The highest BCUT2D eigenvalue weighted by atomic mass is 32.2. The first-order valence-electron chi connectivity index (χ1n) is 5.91. The number of ether oxygens (including phenoxy) is 1. The Morgan fingerprint density at radius 1 is 1.56 bits per heavy atom. The Morgan fingerprint density at radius 2 is 2.25 bits per heavy atom. The van der Waals surface area contributed by atoms with Gasteiger partial charge in [-0.15, -0.1) is 0 Å². The summed E-state index contributed by atoms with van der Waals surface area (Å²) in [5.74, 6) is 0.692. The summed E-state index contributed by atoms with van der Waals surface area (Å²) in [5, 5.41) is 0.494. The molecule has 0 radical (unpaired) electrons. The van der Waals surface area contributed by atoms with Crippen LogP contribution in [0.5, 0.6) is 0 Å². The zero-order valence-electron chi connectivity index (χ0n) is 10.5. The molecule has 0 aromatic heterocycles. The molecule has 0 aromatic carbocycles. The van der Waals surface area contributed by atoms with Crippen LogP contribution in [-0.4, -0.2) is 30.1 Å². The molecular formula is C12H23NO2S. The van der Waals surface area contributed by atoms with E-state index in [-0.39, 0.29) is 17.4 Å². The van der Waals surface area contributed by atoms with E-state index in [1.54, 1.807) is 0 Å². The molecule has 1 rings (SSSR count). The van der Waals surface area contributed by atoms with E-state index in [1.165, 1.54) is 26.4 Å². The van der Waals surface area contributed by atoms with Crippen molar-refractivity contribution in [3.05, 3.63) is 0 Å². The molecule has 0 saturated heterocycles. The number of hydrogen-bond donors (Lipinski definition) is 1. The first-order valence-corrected chi connectivity index (χ1v) is 6.96. The number of carbonyl (C=O) groups is 1. The quantitative estimate of drug-likeness (QED) is 0.771. The lowest BCUT2D eigenvalue weighted by molar-refractivity contribution is -0.140. The normalized spacial score (nSPS) is 28.8. The molecule has 2 atom stereocenters. The van der Waals surface area contributed by atoms with E-state index in [4.69, 9.17) is 5.73 Å². The SMILES string of the molecule is COC(=O)CCSC1CCCC(C)(C)C1N. The number of carbonyl (C=O) groups excluding carboxylic acids is 1. The van der Waals surface area contributed by atoms with Gasteiger partial charge in [-0.05, 0) is 18.3 Å². The van der Waals surface area contributed by atoms with Crippen LogP contribution in [0.1, 0.15) is 39.5 Å². The van der Waals surface area contributed by atoms with Gasteiger partial charge >= 0.3 is 5.97 Å². The van der Waals surface area contributed by atoms with Gasteiger partial charge in [-0.3, -0.25) is 4.79 Å². The molecule has 1 saturated carbocycles. The molecule has 4 heteroatoms. The van der Waals surface area contributed by atoms with Gasteiger partial charge in [0.05, 0.1) is 13.5 Å². The molecule has 1 fully saturated rings. The average Bonchev–Trinajstić information content (AvgIpc) is 2.24. The number of methoxy groups -OCH3 is 1. The van der Waals surface area contributed by atoms with E-state index in [0.29, 0.717) is 11.7 Å². The lowest BCUT2D eigenvalue weighted by Crippen LogP contribution is -2.48. The van der Waals surface area contributed by atoms with Crippen molar-refractivity contribution in [1.82, 2.24) is 0 Å². The first-order chi connectivity index (χ1) is 7.47. The van der Waals surface area contributed by atoms with E-state index in [2.05, 4.69) is 18.6 Å². The van der Waals surface area contributed by atoms with Crippen LogP contribution < -0.4 is 5.73 Å². The van der Waals surface area contributed by atoms with Gasteiger partial charge in [0.15, 0.2) is 0 Å². The van der Waals surface area contributed by atoms with Crippen molar-refractivity contribution in [1.29, 1.82) is 0 Å². The third-order valence-corrected chi connectivity index (χ3v) is 4.88. The summed E-state index contributed by atoms with van der Waals surface area (Å²) in [4.78, 5) is 11.0. The molecule has 0 amide bonds. The van der Waals surface area contributed by atoms with E-state index in [0.717, 1.165) is 5.75 Å². The second-order valence-electron chi connectivity index (χ2n) is 5.14. The Bertz CT molecular complexity index is 243. The maximum Gasteiger partial charge on any atom is 0.306 e. The van der Waals surface area contributed by atoms with Gasteiger partial charge in [-0.25, -0.2) is 0 Å². The Hall–Kier alpha value is -0.220. The standard InChI is InChI=1S/C12H23NO2S/c1-12(2)7-4-5-9(11(12)13)16-8-6-10(14)15-3/h9,11H,4-8,13H2,1-3H3. The van der Waals surface area contributed by atoms with Crippen molar-refractivity contribution >= 4 is 17.7 Å². The second-order valence-corrected chi connectivity index (χ2v) is 6.49. The van der Waals surface area contributed by atoms with Crippen LogP contribution in [0, 0.1) is 5.41 Å². The smallest absolute Gasteiger partial charge is 0.306 e. The highest BCUT2D eigenvalue weighted by molar-refractivity contribution is 7.99. The number of hydrogen-bond acceptors (Lipinski definition) is 4. The fourth-order valence-electron chi connectivity index (χ4n) is 2.19. The molecule has 0 aliphatic heterocycles. The highest BCUT2D eigenvalue weighted by Gasteiger charge is 2.36. The molecule has 1 aliphatic rings. The molecular weight excluding hydrogens is 222 g/mol. The number of esters is 1. The molecule has 94 valence electrons. The molecule has 0 heterocycles. The third-order valence-electron chi connectivity index (χ3n) is 3.48. The van der Waals surface area contributed by atoms with Gasteiger partial charge in [-0.1, -0.05) is 20.3 Å². The predicted octanol–water partition coefficient (Wildman–Crippen LogP) is 2.19. The van der Waals surface area contributed by atoms with Crippen LogP contribution in [0.4, 0.5) is 0 Å². The Labute approximate surface area is 102 Å². The Kier molecular flexibility index (Phi) is 5.12. The minimum Gasteiger partial charge on any atom is -0.469 e. The summed E-state index contributed by atoms with van der Waals surface area (Å²) in [6.45, 7) is 4.48. The fraction of sp³-hybridized carbons (Fsp3) is 0.917. The topological polar surface area (TPSA) is 52.3 Å². The van der Waals surface area contributed by atoms with Gasteiger partial charge in [0.1, 0.15) is 0 Å². The van der Waals surface area contributed by atoms with Gasteiger partial charge in [0.25, 0.3) is 0 Å². The lowest BCUT2D eigenvalue weighted by Gasteiger charge is -2.41. The third kappa shape index (κ3) is 3.67. The van der Waals surface area contributed by atoms with Crippen LogP contribution >= 0.6 is 11.8 Å². The Balaban J connectivity index is 2.34. The summed E-state index contributed by atoms with van der Waals surface area (Å²) in [6, 6.07) is 0.240. The fourth-order valence-corrected chi connectivity index (χ4v) is 3.69. The van der Waals surface area contributed by atoms with Gasteiger partial charge < -0.3 is 10.5 Å². The van der Waals surface area contributed by atoms with E-state index >= 15 is 0 Å². The Morgan fingerprint density at radius 3 is 2.88 bits per heavy atom. The van der Waals surface area contributed by atoms with Crippen LogP contribution in [-0.2, 0) is 9.53 Å². The van der Waals surface area contributed by atoms with Crippen molar-refractivity contribution in [2.45, 2.75) is 50.8 Å². The largest absolute Gasteiger partial charge is 0.469 e. The number of nitrogens with two attached hydrogens (primary N) is 1. The molecule has 2 N–H and O–H groups in total. The summed E-state index contributed by atoms with van der Waals surface area (Å²) in [7, 11) is 1.43. The van der Waals surface area contributed by atoms with Crippen molar-refractivity contribution in [3.8, 4) is 0 Å². The minimum absolute atomic E-state index is 0.129. The van der Waals surface area contributed by atoms with Crippen LogP contribution in [0.15, 0.2) is 0 Å². The summed E-state index contributed by atoms with van der Waals surface area (Å²) >= 11 is 1.83. The van der Waals surface area contributed by atoms with Crippen molar-refractivity contribution in [3.63, 3.8) is 0 Å². The van der Waals surface area contributed by atoms with Gasteiger partial charge in [0, 0.05) is 17.0 Å². The number of rotatable bonds is 4. The van der Waals surface area contributed by atoms with Crippen LogP contribution in [0.25, 0.3) is 0 Å². The highest BCUT2D eigenvalue weighted by Crippen LogP contribution is 2.39. The first kappa shape index (κ1) is 13.8. The summed E-state index contributed by atoms with van der Waals surface area (Å²) in [6.07, 6.45) is 4.13. The average molecular weight is 245 g/mol. The summed E-state index contributed by atoms with van der Waals surface area (Å²) < 4.78 is 4.62. The lowest BCUT2D eigenvalue weighted by atomic mass is 9.73. The van der Waals surface area contributed by atoms with Gasteiger partial charge in [0.2, 0.25) is 0 Å².